The summed E-state index contributed by atoms with van der Waals surface area (Å²) in [6.45, 7) is 9.05. The van der Waals surface area contributed by atoms with Crippen molar-refractivity contribution in [1.82, 2.24) is 9.97 Å². The second kappa shape index (κ2) is 7.00. The van der Waals surface area contributed by atoms with Gasteiger partial charge in [-0.25, -0.2) is 9.78 Å². The molecule has 0 spiro atoms. The first-order valence-electron chi connectivity index (χ1n) is 6.63. The van der Waals surface area contributed by atoms with E-state index in [9.17, 15) is 9.36 Å². The minimum absolute atomic E-state index is 0.209. The van der Waals surface area contributed by atoms with Crippen molar-refractivity contribution in [2.45, 2.75) is 39.5 Å². The fourth-order valence-electron chi connectivity index (χ4n) is 1.52. The normalized spacial score (nSPS) is 14.3. The molecule has 1 rings (SSSR count). The fourth-order valence-corrected chi connectivity index (χ4v) is 2.91. The highest BCUT2D eigenvalue weighted by Gasteiger charge is 2.18. The number of hydrogen-bond acceptors (Lipinski definition) is 6. The number of nitrogens with one attached hydrogen (secondary N) is 1. The van der Waals surface area contributed by atoms with E-state index >= 15 is 0 Å². The van der Waals surface area contributed by atoms with Crippen LogP contribution in [-0.2, 0) is 20.0 Å². The summed E-state index contributed by atoms with van der Waals surface area (Å²) in [5.41, 5.74) is -0.0342. The van der Waals surface area contributed by atoms with E-state index in [2.05, 4.69) is 15.3 Å². The molecule has 1 unspecified atom stereocenters. The van der Waals surface area contributed by atoms with Crippen LogP contribution in [-0.4, -0.2) is 34.9 Å². The lowest BCUT2D eigenvalue weighted by Gasteiger charge is -2.19. The van der Waals surface area contributed by atoms with Gasteiger partial charge in [0.1, 0.15) is 5.60 Å². The SMILES string of the molecule is CCOP(C)(=O)Cc1cnc(NC(=O)OC(C)(C)C)cn1. The van der Waals surface area contributed by atoms with Crippen LogP contribution in [0, 0.1) is 0 Å². The Morgan fingerprint density at radius 1 is 1.33 bits per heavy atom. The molecule has 1 amide bonds. The molecule has 0 saturated heterocycles. The number of hydrogen-bond donors (Lipinski definition) is 1. The second-order valence-electron chi connectivity index (χ2n) is 5.61. The molecule has 8 heteroatoms. The Kier molecular flexibility index (Phi) is 5.87. The monoisotopic (exact) mass is 315 g/mol. The molecule has 1 aromatic rings. The largest absolute Gasteiger partial charge is 0.444 e. The van der Waals surface area contributed by atoms with Crippen LogP contribution in [0.5, 0.6) is 0 Å². The molecule has 0 bridgehead atoms. The summed E-state index contributed by atoms with van der Waals surface area (Å²) in [6, 6.07) is 0. The highest BCUT2D eigenvalue weighted by atomic mass is 31.2. The number of carbonyl (C=O) groups excluding carboxylic acids is 1. The highest BCUT2D eigenvalue weighted by Crippen LogP contribution is 2.45. The van der Waals surface area contributed by atoms with Gasteiger partial charge in [-0.2, -0.15) is 0 Å². The van der Waals surface area contributed by atoms with Crippen LogP contribution in [0.4, 0.5) is 10.6 Å². The van der Waals surface area contributed by atoms with Crippen LogP contribution in [0.3, 0.4) is 0 Å². The van der Waals surface area contributed by atoms with E-state index in [4.69, 9.17) is 9.26 Å². The number of anilines is 1. The van der Waals surface area contributed by atoms with Crippen LogP contribution in [0.25, 0.3) is 0 Å². The number of carbonyl (C=O) groups is 1. The third kappa shape index (κ3) is 7.20. The van der Waals surface area contributed by atoms with Gasteiger partial charge in [-0.1, -0.05) is 0 Å². The van der Waals surface area contributed by atoms with Crippen molar-refractivity contribution in [3.63, 3.8) is 0 Å². The van der Waals surface area contributed by atoms with Gasteiger partial charge in [-0.15, -0.1) is 0 Å². The first kappa shape index (κ1) is 17.6. The summed E-state index contributed by atoms with van der Waals surface area (Å²) in [5, 5.41) is 2.48. The molecule has 0 saturated carbocycles. The third-order valence-corrected chi connectivity index (χ3v) is 3.89. The van der Waals surface area contributed by atoms with Crippen molar-refractivity contribution in [2.75, 3.05) is 18.6 Å². The van der Waals surface area contributed by atoms with E-state index < -0.39 is 19.1 Å². The molecule has 118 valence electrons. The molecule has 1 aromatic heterocycles. The number of ether oxygens (including phenoxy) is 1. The summed E-state index contributed by atoms with van der Waals surface area (Å²) in [4.78, 5) is 19.7. The lowest BCUT2D eigenvalue weighted by atomic mass is 10.2. The quantitative estimate of drug-likeness (QED) is 0.839. The average Bonchev–Trinajstić information content (AvgIpc) is 2.28. The zero-order valence-corrected chi connectivity index (χ0v) is 13.9. The minimum Gasteiger partial charge on any atom is -0.444 e. The van der Waals surface area contributed by atoms with Gasteiger partial charge in [0.25, 0.3) is 0 Å². The van der Waals surface area contributed by atoms with Gasteiger partial charge in [0.15, 0.2) is 5.82 Å². The van der Waals surface area contributed by atoms with Crippen molar-refractivity contribution < 1.29 is 18.6 Å². The molecule has 0 aromatic carbocycles. The maximum absolute atomic E-state index is 12.0. The summed E-state index contributed by atoms with van der Waals surface area (Å²) < 4.78 is 22.3. The molecular weight excluding hydrogens is 293 g/mol. The number of nitrogens with zero attached hydrogens (tertiary/aromatic N) is 2. The van der Waals surface area contributed by atoms with E-state index in [1.165, 1.54) is 12.4 Å². The van der Waals surface area contributed by atoms with E-state index in [1.807, 2.05) is 0 Å². The van der Waals surface area contributed by atoms with Crippen LogP contribution < -0.4 is 5.32 Å². The molecule has 0 aliphatic rings. The predicted octanol–water partition coefficient (Wildman–Crippen LogP) is 3.27. The minimum atomic E-state index is -2.70. The zero-order valence-electron chi connectivity index (χ0n) is 13.0. The number of aromatic nitrogens is 2. The van der Waals surface area contributed by atoms with Gasteiger partial charge >= 0.3 is 6.09 Å². The van der Waals surface area contributed by atoms with Gasteiger partial charge in [0.2, 0.25) is 7.37 Å². The van der Waals surface area contributed by atoms with Gasteiger partial charge < -0.3 is 9.26 Å². The Morgan fingerprint density at radius 2 is 2.00 bits per heavy atom. The van der Waals surface area contributed by atoms with Gasteiger partial charge in [0, 0.05) is 6.66 Å². The van der Waals surface area contributed by atoms with Crippen molar-refractivity contribution >= 4 is 19.3 Å². The molecule has 1 atom stereocenters. The van der Waals surface area contributed by atoms with E-state index in [1.54, 1.807) is 34.4 Å². The Morgan fingerprint density at radius 3 is 2.48 bits per heavy atom. The Balaban J connectivity index is 2.62. The van der Waals surface area contributed by atoms with Crippen LogP contribution in [0.2, 0.25) is 0 Å². The summed E-state index contributed by atoms with van der Waals surface area (Å²) in [6.07, 6.45) is 2.47. The molecule has 1 N–H and O–H groups in total. The van der Waals surface area contributed by atoms with Crippen molar-refractivity contribution in [3.8, 4) is 0 Å². The Bertz CT molecular complexity index is 525. The van der Waals surface area contributed by atoms with Crippen molar-refractivity contribution in [2.24, 2.45) is 0 Å². The number of rotatable bonds is 5. The zero-order chi connectivity index (χ0) is 16.1. The maximum atomic E-state index is 12.0. The molecule has 0 aliphatic heterocycles. The average molecular weight is 315 g/mol. The Hall–Kier alpha value is -1.46. The molecule has 0 radical (unpaired) electrons. The van der Waals surface area contributed by atoms with Gasteiger partial charge in [-0.05, 0) is 27.7 Å². The topological polar surface area (TPSA) is 90.4 Å². The lowest BCUT2D eigenvalue weighted by molar-refractivity contribution is 0.0635. The highest BCUT2D eigenvalue weighted by molar-refractivity contribution is 7.57. The molecule has 0 aliphatic carbocycles. The van der Waals surface area contributed by atoms with E-state index in [-0.39, 0.29) is 12.0 Å². The molecule has 7 nitrogen and oxygen atoms in total. The van der Waals surface area contributed by atoms with E-state index in [0.717, 1.165) is 0 Å². The lowest BCUT2D eigenvalue weighted by Crippen LogP contribution is -2.27. The Labute approximate surface area is 124 Å². The first-order chi connectivity index (χ1) is 9.61. The van der Waals surface area contributed by atoms with Crippen molar-refractivity contribution in [3.05, 3.63) is 18.1 Å². The first-order valence-corrected chi connectivity index (χ1v) is 8.89. The van der Waals surface area contributed by atoms with Crippen LogP contribution >= 0.6 is 7.37 Å². The third-order valence-electron chi connectivity index (χ3n) is 2.19. The standard InChI is InChI=1S/C13H22N3O4P/c1-6-19-21(5,18)9-10-7-15-11(8-14-10)16-12(17)20-13(2,3)4/h7-8H,6,9H2,1-5H3,(H,15,16,17). The fraction of sp³-hybridized carbons (Fsp3) is 0.615. The summed E-state index contributed by atoms with van der Waals surface area (Å²) in [7, 11) is -2.70. The van der Waals surface area contributed by atoms with Gasteiger partial charge in [-0.3, -0.25) is 14.9 Å². The molecule has 1 heterocycles. The summed E-state index contributed by atoms with van der Waals surface area (Å²) >= 11 is 0. The van der Waals surface area contributed by atoms with Crippen LogP contribution in [0.15, 0.2) is 12.4 Å². The second-order valence-corrected chi connectivity index (χ2v) is 8.21. The molecular formula is C13H22N3O4P. The number of amides is 1. The maximum Gasteiger partial charge on any atom is 0.413 e. The smallest absolute Gasteiger partial charge is 0.413 e. The molecule has 21 heavy (non-hydrogen) atoms. The summed E-state index contributed by atoms with van der Waals surface area (Å²) in [5.74, 6) is 0.273. The molecule has 0 fully saturated rings. The van der Waals surface area contributed by atoms with Gasteiger partial charge in [0.05, 0.1) is 30.9 Å². The van der Waals surface area contributed by atoms with Crippen LogP contribution in [0.1, 0.15) is 33.4 Å². The van der Waals surface area contributed by atoms with Crippen molar-refractivity contribution in [1.29, 1.82) is 0 Å². The van der Waals surface area contributed by atoms with E-state index in [0.29, 0.717) is 12.3 Å². The predicted molar refractivity (Wildman–Crippen MR) is 80.7 cm³/mol.